The molecule has 5 aromatic rings. The third kappa shape index (κ3) is 8.03. The second kappa shape index (κ2) is 13.9. The van der Waals surface area contributed by atoms with E-state index >= 15 is 0 Å². The molecule has 1 heterocycles. The van der Waals surface area contributed by atoms with Crippen LogP contribution in [0.1, 0.15) is 15.9 Å². The fraction of sp³-hybridized carbons (Fsp3) is 0.0323. The molecule has 0 aliphatic rings. The van der Waals surface area contributed by atoms with Gasteiger partial charge in [0, 0.05) is 42.9 Å². The lowest BCUT2D eigenvalue weighted by Gasteiger charge is -2.10. The highest BCUT2D eigenvalue weighted by Gasteiger charge is 2.10. The van der Waals surface area contributed by atoms with Crippen LogP contribution in [0, 0.1) is 0 Å². The summed E-state index contributed by atoms with van der Waals surface area (Å²) in [5.74, 6) is -0.228. The molecule has 3 N–H and O–H groups in total. The van der Waals surface area contributed by atoms with Crippen molar-refractivity contribution < 1.29 is 14.3 Å². The van der Waals surface area contributed by atoms with Crippen molar-refractivity contribution in [3.05, 3.63) is 123 Å². The lowest BCUT2D eigenvalue weighted by Crippen LogP contribution is -2.20. The number of ether oxygens (including phenoxy) is 1. The Kier molecular flexibility index (Phi) is 9.60. The van der Waals surface area contributed by atoms with Crippen LogP contribution in [0.3, 0.4) is 0 Å². The zero-order valence-corrected chi connectivity index (χ0v) is 25.0. The molecule has 42 heavy (non-hydrogen) atoms. The Bertz CT molecular complexity index is 1710. The Labute approximate surface area is 259 Å². The van der Waals surface area contributed by atoms with Crippen molar-refractivity contribution >= 4 is 73.4 Å². The number of nitrogens with one attached hydrogen (secondary N) is 3. The summed E-state index contributed by atoms with van der Waals surface area (Å²) in [6, 6.07) is 28.9. The molecule has 0 saturated carbocycles. The molecule has 0 bridgehead atoms. The Morgan fingerprint density at radius 2 is 1.71 bits per heavy atom. The number of hydrogen-bond donors (Lipinski definition) is 3. The molecule has 0 radical (unpaired) electrons. The Morgan fingerprint density at radius 1 is 0.952 bits per heavy atom. The van der Waals surface area contributed by atoms with E-state index in [9.17, 15) is 9.59 Å². The Hall–Kier alpha value is -4.51. The number of benzene rings is 4. The first-order valence-electron chi connectivity index (χ1n) is 12.6. The zero-order valence-electron chi connectivity index (χ0n) is 21.9. The van der Waals surface area contributed by atoms with Crippen molar-refractivity contribution in [2.45, 2.75) is 0 Å². The quantitative estimate of drug-likeness (QED) is 0.105. The summed E-state index contributed by atoms with van der Waals surface area (Å²) in [4.78, 5) is 29.6. The van der Waals surface area contributed by atoms with Gasteiger partial charge in [-0.2, -0.15) is 5.10 Å². The van der Waals surface area contributed by atoms with Crippen LogP contribution in [0.2, 0.25) is 5.02 Å². The molecule has 11 heteroatoms. The van der Waals surface area contributed by atoms with Crippen molar-refractivity contribution in [2.24, 2.45) is 5.10 Å². The number of para-hydroxylation sites is 1. The minimum atomic E-state index is -0.374. The highest BCUT2D eigenvalue weighted by Crippen LogP contribution is 2.28. The number of carbonyl (C=O) groups excluding carboxylic acids is 2. The van der Waals surface area contributed by atoms with Gasteiger partial charge in [0.15, 0.2) is 11.7 Å². The van der Waals surface area contributed by atoms with E-state index in [2.05, 4.69) is 42.1 Å². The first-order valence-corrected chi connectivity index (χ1v) is 14.7. The van der Waals surface area contributed by atoms with Crippen LogP contribution in [0.15, 0.2) is 112 Å². The fourth-order valence-electron chi connectivity index (χ4n) is 3.75. The van der Waals surface area contributed by atoms with E-state index in [0.717, 1.165) is 26.5 Å². The monoisotopic (exact) mass is 659 g/mol. The summed E-state index contributed by atoms with van der Waals surface area (Å²) in [5.41, 5.74) is 6.80. The Morgan fingerprint density at radius 3 is 2.48 bits per heavy atom. The minimum absolute atomic E-state index is 0.187. The van der Waals surface area contributed by atoms with Crippen molar-refractivity contribution in [2.75, 3.05) is 17.2 Å². The van der Waals surface area contributed by atoms with Crippen LogP contribution >= 0.6 is 38.9 Å². The van der Waals surface area contributed by atoms with Gasteiger partial charge in [-0.05, 0) is 66.7 Å². The van der Waals surface area contributed by atoms with Gasteiger partial charge >= 0.3 is 0 Å². The van der Waals surface area contributed by atoms with Crippen molar-refractivity contribution in [3.63, 3.8) is 0 Å². The molecule has 0 fully saturated rings. The average molecular weight is 661 g/mol. The summed E-state index contributed by atoms with van der Waals surface area (Å²) in [5, 5.41) is 13.5. The largest absolute Gasteiger partial charge is 0.483 e. The van der Waals surface area contributed by atoms with Gasteiger partial charge in [0.25, 0.3) is 11.8 Å². The number of nitrogens with zero attached hydrogens (tertiary/aromatic N) is 2. The molecule has 2 amide bonds. The van der Waals surface area contributed by atoms with Gasteiger partial charge in [-0.3, -0.25) is 9.59 Å². The molecule has 5 rings (SSSR count). The normalized spacial score (nSPS) is 10.8. The number of amides is 2. The van der Waals surface area contributed by atoms with Crippen LogP contribution in [-0.4, -0.2) is 29.6 Å². The maximum atomic E-state index is 12.7. The molecule has 0 unspecified atom stereocenters. The molecule has 8 nitrogen and oxygen atoms in total. The first-order chi connectivity index (χ1) is 20.4. The van der Waals surface area contributed by atoms with Gasteiger partial charge in [0.2, 0.25) is 0 Å². The number of thiazole rings is 1. The van der Waals surface area contributed by atoms with Gasteiger partial charge in [-0.15, -0.1) is 11.3 Å². The van der Waals surface area contributed by atoms with E-state index in [1.165, 1.54) is 17.6 Å². The first kappa shape index (κ1) is 29.0. The third-order valence-corrected chi connectivity index (χ3v) is 7.30. The molecule has 4 aromatic carbocycles. The second-order valence-electron chi connectivity index (χ2n) is 8.83. The van der Waals surface area contributed by atoms with Crippen molar-refractivity contribution in [1.82, 2.24) is 10.4 Å². The van der Waals surface area contributed by atoms with E-state index in [0.29, 0.717) is 27.6 Å². The Balaban J connectivity index is 1.17. The van der Waals surface area contributed by atoms with Gasteiger partial charge < -0.3 is 15.4 Å². The lowest BCUT2D eigenvalue weighted by molar-refractivity contribution is -0.118. The number of carbonyl (C=O) groups is 2. The SMILES string of the molecule is O=C(COc1ccc(Br)cc1/C=N\NC(=O)c1ccc(-c2csc(Nc3ccc(Cl)cc3)n2)cc1)Nc1ccccc1. The van der Waals surface area contributed by atoms with Crippen LogP contribution < -0.4 is 20.8 Å². The summed E-state index contributed by atoms with van der Waals surface area (Å²) in [6.07, 6.45) is 1.46. The maximum absolute atomic E-state index is 12.7. The van der Waals surface area contributed by atoms with E-state index in [1.54, 1.807) is 42.5 Å². The van der Waals surface area contributed by atoms with Gasteiger partial charge in [0.1, 0.15) is 5.75 Å². The summed E-state index contributed by atoms with van der Waals surface area (Å²) in [7, 11) is 0. The maximum Gasteiger partial charge on any atom is 0.271 e. The van der Waals surface area contributed by atoms with Crippen LogP contribution in [-0.2, 0) is 4.79 Å². The molecule has 1 aromatic heterocycles. The molecule has 0 aliphatic carbocycles. The van der Waals surface area contributed by atoms with E-state index < -0.39 is 0 Å². The average Bonchev–Trinajstić information content (AvgIpc) is 3.47. The van der Waals surface area contributed by atoms with E-state index in [-0.39, 0.29) is 18.4 Å². The molecule has 0 aliphatic heterocycles. The molecule has 210 valence electrons. The highest BCUT2D eigenvalue weighted by molar-refractivity contribution is 9.10. The number of anilines is 3. The molecule has 0 atom stereocenters. The number of aromatic nitrogens is 1. The fourth-order valence-corrected chi connectivity index (χ4v) is 5.00. The molecule has 0 spiro atoms. The third-order valence-electron chi connectivity index (χ3n) is 5.80. The smallest absolute Gasteiger partial charge is 0.271 e. The van der Waals surface area contributed by atoms with Crippen molar-refractivity contribution in [3.8, 4) is 17.0 Å². The van der Waals surface area contributed by atoms with E-state index in [4.69, 9.17) is 16.3 Å². The second-order valence-corrected chi connectivity index (χ2v) is 11.0. The van der Waals surface area contributed by atoms with Crippen molar-refractivity contribution in [1.29, 1.82) is 0 Å². The van der Waals surface area contributed by atoms with Gasteiger partial charge in [-0.25, -0.2) is 10.4 Å². The molecular weight excluding hydrogens is 638 g/mol. The highest BCUT2D eigenvalue weighted by atomic mass is 79.9. The summed E-state index contributed by atoms with van der Waals surface area (Å²) < 4.78 is 6.50. The topological polar surface area (TPSA) is 105 Å². The predicted molar refractivity (Wildman–Crippen MR) is 172 cm³/mol. The number of halogens is 2. The standard InChI is InChI=1S/C31H23BrClN5O3S/c32-23-10-15-28(41-18-29(39)35-25-4-2-1-3-5-25)22(16-23)17-34-38-30(40)21-8-6-20(7-9-21)27-19-42-31(37-27)36-26-13-11-24(33)12-14-26/h1-17,19H,18H2,(H,35,39)(H,36,37)(H,38,40)/b34-17-. The molecular formula is C31H23BrClN5O3S. The van der Waals surface area contributed by atoms with Gasteiger partial charge in [-0.1, -0.05) is 57.9 Å². The van der Waals surface area contributed by atoms with Gasteiger partial charge in [0.05, 0.1) is 11.9 Å². The zero-order chi connectivity index (χ0) is 29.3. The van der Waals surface area contributed by atoms with Crippen LogP contribution in [0.25, 0.3) is 11.3 Å². The predicted octanol–water partition coefficient (Wildman–Crippen LogP) is 7.75. The van der Waals surface area contributed by atoms with E-state index in [1.807, 2.05) is 60.0 Å². The van der Waals surface area contributed by atoms with Crippen LogP contribution in [0.5, 0.6) is 5.75 Å². The number of rotatable bonds is 10. The molecule has 0 saturated heterocycles. The lowest BCUT2D eigenvalue weighted by atomic mass is 10.1. The van der Waals surface area contributed by atoms with Crippen LogP contribution in [0.4, 0.5) is 16.5 Å². The number of hydrogen-bond acceptors (Lipinski definition) is 7. The summed E-state index contributed by atoms with van der Waals surface area (Å²) >= 11 is 10.9. The number of hydrazone groups is 1. The minimum Gasteiger partial charge on any atom is -0.483 e. The summed E-state index contributed by atoms with van der Waals surface area (Å²) in [6.45, 7) is -0.187.